The summed E-state index contributed by atoms with van der Waals surface area (Å²) in [6.45, 7) is 2.87. The average Bonchev–Trinajstić information content (AvgIpc) is 2.53. The third kappa shape index (κ3) is 8.62. The second kappa shape index (κ2) is 10.1. The first kappa shape index (κ1) is 21.1. The molecule has 0 aliphatic rings. The molecular weight excluding hydrogens is 333 g/mol. The smallest absolute Gasteiger partial charge is 0.401 e. The first-order valence-corrected chi connectivity index (χ1v) is 8.13. The first-order chi connectivity index (χ1) is 11.7. The molecule has 0 unspecified atom stereocenters. The van der Waals surface area contributed by atoms with Crippen LogP contribution in [0.4, 0.5) is 13.2 Å². The maximum absolute atomic E-state index is 12.3. The molecule has 0 amide bonds. The zero-order valence-corrected chi connectivity index (χ0v) is 15.2. The summed E-state index contributed by atoms with van der Waals surface area (Å²) in [5, 5.41) is 3.16. The summed E-state index contributed by atoms with van der Waals surface area (Å²) in [6, 6.07) is 7.71. The Balaban J connectivity index is 2.60. The summed E-state index contributed by atoms with van der Waals surface area (Å²) in [6.07, 6.45) is -4.19. The maximum atomic E-state index is 12.3. The molecular formula is C17H27F3N4O. The Morgan fingerprint density at radius 3 is 2.36 bits per heavy atom. The summed E-state index contributed by atoms with van der Waals surface area (Å²) in [5.74, 6) is 1.46. The lowest BCUT2D eigenvalue weighted by Gasteiger charge is -2.23. The molecule has 0 saturated carbocycles. The van der Waals surface area contributed by atoms with Gasteiger partial charge in [-0.1, -0.05) is 12.1 Å². The van der Waals surface area contributed by atoms with E-state index in [1.165, 1.54) is 11.9 Å². The van der Waals surface area contributed by atoms with Gasteiger partial charge in [0.2, 0.25) is 0 Å². The highest BCUT2D eigenvalue weighted by Gasteiger charge is 2.28. The summed E-state index contributed by atoms with van der Waals surface area (Å²) in [7, 11) is 4.95. The molecule has 8 heteroatoms. The molecule has 1 N–H and O–H groups in total. The molecule has 0 aliphatic carbocycles. The molecule has 142 valence electrons. The Hall–Kier alpha value is -1.96. The Morgan fingerprint density at radius 1 is 1.20 bits per heavy atom. The van der Waals surface area contributed by atoms with E-state index in [1.54, 1.807) is 7.11 Å². The maximum Gasteiger partial charge on any atom is 0.401 e. The molecule has 0 radical (unpaired) electrons. The van der Waals surface area contributed by atoms with Crippen molar-refractivity contribution in [3.8, 4) is 5.75 Å². The number of benzene rings is 1. The van der Waals surface area contributed by atoms with E-state index in [9.17, 15) is 13.2 Å². The number of nitrogens with zero attached hydrogens (tertiary/aromatic N) is 3. The van der Waals surface area contributed by atoms with E-state index in [4.69, 9.17) is 4.74 Å². The van der Waals surface area contributed by atoms with Gasteiger partial charge in [0.1, 0.15) is 5.75 Å². The van der Waals surface area contributed by atoms with E-state index in [-0.39, 0.29) is 6.54 Å². The van der Waals surface area contributed by atoms with Crippen molar-refractivity contribution in [2.24, 2.45) is 4.99 Å². The number of aliphatic imine (C=N–C) groups is 1. The fraction of sp³-hybridized carbons (Fsp3) is 0.588. The number of ether oxygens (including phenoxy) is 1. The molecule has 0 fully saturated rings. The summed E-state index contributed by atoms with van der Waals surface area (Å²) in [5.41, 5.74) is 1.09. The zero-order chi connectivity index (χ0) is 18.9. The quantitative estimate of drug-likeness (QED) is 0.571. The molecule has 1 rings (SSSR count). The molecule has 0 aliphatic heterocycles. The summed E-state index contributed by atoms with van der Waals surface area (Å²) >= 11 is 0. The third-order valence-corrected chi connectivity index (χ3v) is 3.47. The van der Waals surface area contributed by atoms with Gasteiger partial charge in [0.15, 0.2) is 5.96 Å². The number of guanidine groups is 1. The third-order valence-electron chi connectivity index (χ3n) is 3.47. The van der Waals surface area contributed by atoms with Gasteiger partial charge in [-0.25, -0.2) is 0 Å². The minimum atomic E-state index is -4.19. The van der Waals surface area contributed by atoms with Gasteiger partial charge in [0.05, 0.1) is 20.2 Å². The van der Waals surface area contributed by atoms with E-state index in [0.717, 1.165) is 11.3 Å². The van der Waals surface area contributed by atoms with Gasteiger partial charge in [-0.2, -0.15) is 13.2 Å². The van der Waals surface area contributed by atoms with E-state index in [2.05, 4.69) is 10.3 Å². The molecule has 0 atom stereocenters. The summed E-state index contributed by atoms with van der Waals surface area (Å²) in [4.78, 5) is 7.57. The first-order valence-electron chi connectivity index (χ1n) is 8.13. The molecule has 0 saturated heterocycles. The number of halogens is 3. The lowest BCUT2D eigenvalue weighted by molar-refractivity contribution is -0.142. The van der Waals surface area contributed by atoms with Crippen LogP contribution in [0.1, 0.15) is 12.5 Å². The predicted octanol–water partition coefficient (Wildman–Crippen LogP) is 2.59. The number of hydrogen-bond donors (Lipinski definition) is 1. The number of likely N-dealkylation sites (N-methyl/N-ethyl adjacent to an activating group) is 1. The monoisotopic (exact) mass is 360 g/mol. The molecule has 0 heterocycles. The van der Waals surface area contributed by atoms with Crippen LogP contribution in [0.3, 0.4) is 0 Å². The van der Waals surface area contributed by atoms with Crippen LogP contribution in [0.25, 0.3) is 0 Å². The molecule has 0 bridgehead atoms. The Morgan fingerprint density at radius 2 is 1.84 bits per heavy atom. The van der Waals surface area contributed by atoms with Gasteiger partial charge in [-0.05, 0) is 31.7 Å². The van der Waals surface area contributed by atoms with Crippen LogP contribution in [0.5, 0.6) is 5.75 Å². The van der Waals surface area contributed by atoms with Gasteiger partial charge < -0.3 is 15.0 Å². The van der Waals surface area contributed by atoms with Crippen LogP contribution in [0.15, 0.2) is 29.3 Å². The molecule has 5 nitrogen and oxygen atoms in total. The van der Waals surface area contributed by atoms with Crippen molar-refractivity contribution < 1.29 is 17.9 Å². The van der Waals surface area contributed by atoms with Gasteiger partial charge in [-0.3, -0.25) is 9.89 Å². The second-order valence-electron chi connectivity index (χ2n) is 5.79. The van der Waals surface area contributed by atoms with Crippen molar-refractivity contribution in [1.82, 2.24) is 15.1 Å². The van der Waals surface area contributed by atoms with E-state index >= 15 is 0 Å². The highest BCUT2D eigenvalue weighted by atomic mass is 19.4. The van der Waals surface area contributed by atoms with Crippen molar-refractivity contribution in [3.05, 3.63) is 29.8 Å². The lowest BCUT2D eigenvalue weighted by Crippen LogP contribution is -2.39. The zero-order valence-electron chi connectivity index (χ0n) is 15.2. The van der Waals surface area contributed by atoms with Crippen LogP contribution in [0.2, 0.25) is 0 Å². The van der Waals surface area contributed by atoms with Crippen LogP contribution < -0.4 is 10.1 Å². The van der Waals surface area contributed by atoms with Crippen molar-refractivity contribution in [2.75, 3.05) is 47.4 Å². The topological polar surface area (TPSA) is 40.1 Å². The second-order valence-corrected chi connectivity index (χ2v) is 5.79. The van der Waals surface area contributed by atoms with Gasteiger partial charge in [0, 0.05) is 26.7 Å². The van der Waals surface area contributed by atoms with Gasteiger partial charge >= 0.3 is 6.18 Å². The predicted molar refractivity (Wildman–Crippen MR) is 94.0 cm³/mol. The molecule has 0 aromatic heterocycles. The molecule has 25 heavy (non-hydrogen) atoms. The molecule has 1 aromatic rings. The highest BCUT2D eigenvalue weighted by Crippen LogP contribution is 2.15. The van der Waals surface area contributed by atoms with Crippen molar-refractivity contribution in [1.29, 1.82) is 0 Å². The van der Waals surface area contributed by atoms with E-state index in [1.807, 2.05) is 43.1 Å². The van der Waals surface area contributed by atoms with Crippen LogP contribution in [-0.2, 0) is 6.54 Å². The molecule has 0 spiro atoms. The minimum Gasteiger partial charge on any atom is -0.497 e. The van der Waals surface area contributed by atoms with Crippen molar-refractivity contribution in [3.63, 3.8) is 0 Å². The van der Waals surface area contributed by atoms with Gasteiger partial charge in [-0.15, -0.1) is 0 Å². The summed E-state index contributed by atoms with van der Waals surface area (Å²) < 4.78 is 42.1. The SMILES string of the molecule is CCNC(=NCCN(C)CC(F)(F)F)N(C)Cc1ccc(OC)cc1. The van der Waals surface area contributed by atoms with Crippen LogP contribution in [-0.4, -0.2) is 69.3 Å². The largest absolute Gasteiger partial charge is 0.497 e. The van der Waals surface area contributed by atoms with Crippen molar-refractivity contribution in [2.45, 2.75) is 19.6 Å². The number of methoxy groups -OCH3 is 1. The number of hydrogen-bond acceptors (Lipinski definition) is 3. The average molecular weight is 360 g/mol. The number of rotatable bonds is 8. The minimum absolute atomic E-state index is 0.241. The highest BCUT2D eigenvalue weighted by molar-refractivity contribution is 5.79. The van der Waals surface area contributed by atoms with E-state index in [0.29, 0.717) is 25.6 Å². The normalized spacial score (nSPS) is 12.4. The van der Waals surface area contributed by atoms with Crippen LogP contribution in [0, 0.1) is 0 Å². The molecule has 1 aromatic carbocycles. The number of nitrogens with one attached hydrogen (secondary N) is 1. The number of alkyl halides is 3. The Bertz CT molecular complexity index is 532. The van der Waals surface area contributed by atoms with E-state index < -0.39 is 12.7 Å². The lowest BCUT2D eigenvalue weighted by atomic mass is 10.2. The fourth-order valence-electron chi connectivity index (χ4n) is 2.26. The Kier molecular flexibility index (Phi) is 8.54. The van der Waals surface area contributed by atoms with Crippen LogP contribution >= 0.6 is 0 Å². The fourth-order valence-corrected chi connectivity index (χ4v) is 2.26. The Labute approximate surface area is 147 Å². The van der Waals surface area contributed by atoms with Crippen molar-refractivity contribution >= 4 is 5.96 Å². The van der Waals surface area contributed by atoms with Gasteiger partial charge in [0.25, 0.3) is 0 Å². The standard InChI is InChI=1S/C17H27F3N4O/c1-5-21-16(22-10-11-23(2)13-17(18,19)20)24(3)12-14-6-8-15(25-4)9-7-14/h6-9H,5,10-13H2,1-4H3,(H,21,22).